The summed E-state index contributed by atoms with van der Waals surface area (Å²) in [5.74, 6) is 0.759. The zero-order valence-corrected chi connectivity index (χ0v) is 20.4. The molecule has 7 heteroatoms. The van der Waals surface area contributed by atoms with Gasteiger partial charge in [-0.3, -0.25) is 4.90 Å². The number of sulfonamides is 1. The summed E-state index contributed by atoms with van der Waals surface area (Å²) in [7, 11) is -3.65. The van der Waals surface area contributed by atoms with Crippen molar-refractivity contribution in [3.05, 3.63) is 81.0 Å². The first kappa shape index (κ1) is 23.0. The van der Waals surface area contributed by atoms with E-state index in [1.807, 2.05) is 26.2 Å². The van der Waals surface area contributed by atoms with E-state index in [4.69, 9.17) is 4.74 Å². The highest BCUT2D eigenvalue weighted by Crippen LogP contribution is 2.30. The van der Waals surface area contributed by atoms with Crippen molar-refractivity contribution in [3.63, 3.8) is 0 Å². The minimum Gasteiger partial charge on any atom is -0.493 e. The Hall–Kier alpha value is -2.19. The van der Waals surface area contributed by atoms with Crippen LogP contribution in [-0.2, 0) is 23.0 Å². The third kappa shape index (κ3) is 4.91. The first-order valence-electron chi connectivity index (χ1n) is 11.0. The van der Waals surface area contributed by atoms with Crippen molar-refractivity contribution < 1.29 is 13.2 Å². The number of nitrogens with zero attached hydrogens (tertiary/aromatic N) is 1. The Kier molecular flexibility index (Phi) is 7.00. The van der Waals surface area contributed by atoms with Crippen molar-refractivity contribution in [3.8, 4) is 5.75 Å². The van der Waals surface area contributed by atoms with Crippen LogP contribution in [0.3, 0.4) is 0 Å². The third-order valence-electron chi connectivity index (χ3n) is 6.03. The first-order chi connectivity index (χ1) is 15.4. The maximum Gasteiger partial charge on any atom is 0.240 e. The van der Waals surface area contributed by atoms with Gasteiger partial charge in [0.2, 0.25) is 10.0 Å². The fourth-order valence-corrected chi connectivity index (χ4v) is 6.33. The predicted molar refractivity (Wildman–Crippen MR) is 130 cm³/mol. The smallest absolute Gasteiger partial charge is 0.240 e. The maximum absolute atomic E-state index is 13.2. The number of thiophene rings is 1. The highest BCUT2D eigenvalue weighted by Gasteiger charge is 2.27. The SMILES string of the molecule is CCOc1c(C)cc(S(=O)(=O)NCC(c2ccsc2)N2CCc3ccccc3C2)cc1C. The number of rotatable bonds is 8. The van der Waals surface area contributed by atoms with Gasteiger partial charge in [0.1, 0.15) is 5.75 Å². The largest absolute Gasteiger partial charge is 0.493 e. The number of nitrogens with one attached hydrogen (secondary N) is 1. The number of aryl methyl sites for hydroxylation is 2. The van der Waals surface area contributed by atoms with Crippen LogP contribution in [0.15, 0.2) is 58.1 Å². The number of hydrogen-bond acceptors (Lipinski definition) is 5. The van der Waals surface area contributed by atoms with Gasteiger partial charge < -0.3 is 4.74 Å². The Balaban J connectivity index is 1.55. The lowest BCUT2D eigenvalue weighted by Gasteiger charge is -2.35. The van der Waals surface area contributed by atoms with Gasteiger partial charge in [0.25, 0.3) is 0 Å². The molecule has 1 aliphatic heterocycles. The van der Waals surface area contributed by atoms with Gasteiger partial charge in [-0.15, -0.1) is 0 Å². The second kappa shape index (κ2) is 9.75. The van der Waals surface area contributed by atoms with Crippen LogP contribution in [0.5, 0.6) is 5.75 Å². The molecule has 170 valence electrons. The molecule has 4 rings (SSSR count). The van der Waals surface area contributed by atoms with Crippen LogP contribution in [0.25, 0.3) is 0 Å². The van der Waals surface area contributed by atoms with E-state index in [2.05, 4.69) is 45.3 Å². The van der Waals surface area contributed by atoms with Crippen LogP contribution in [0.4, 0.5) is 0 Å². The van der Waals surface area contributed by atoms with Crippen molar-refractivity contribution in [2.24, 2.45) is 0 Å². The Labute approximate surface area is 195 Å². The van der Waals surface area contributed by atoms with E-state index in [9.17, 15) is 8.42 Å². The molecule has 0 bridgehead atoms. The molecular formula is C25H30N2O3S2. The Morgan fingerprint density at radius 3 is 2.50 bits per heavy atom. The van der Waals surface area contributed by atoms with Gasteiger partial charge in [-0.1, -0.05) is 24.3 Å². The van der Waals surface area contributed by atoms with Crippen LogP contribution >= 0.6 is 11.3 Å². The summed E-state index contributed by atoms with van der Waals surface area (Å²) < 4.78 is 34.9. The number of benzene rings is 2. The molecule has 1 aliphatic rings. The highest BCUT2D eigenvalue weighted by atomic mass is 32.2. The summed E-state index contributed by atoms with van der Waals surface area (Å²) in [6.45, 7) is 8.29. The Morgan fingerprint density at radius 1 is 1.12 bits per heavy atom. The second-order valence-corrected chi connectivity index (χ2v) is 10.8. The summed E-state index contributed by atoms with van der Waals surface area (Å²) in [5, 5.41) is 4.17. The lowest BCUT2D eigenvalue weighted by atomic mass is 9.97. The zero-order valence-electron chi connectivity index (χ0n) is 18.8. The maximum atomic E-state index is 13.2. The van der Waals surface area contributed by atoms with Gasteiger partial charge in [0, 0.05) is 25.7 Å². The van der Waals surface area contributed by atoms with E-state index in [1.54, 1.807) is 23.5 Å². The predicted octanol–water partition coefficient (Wildman–Crippen LogP) is 4.84. The molecule has 0 saturated carbocycles. The van der Waals surface area contributed by atoms with Gasteiger partial charge in [-0.05, 0) is 84.0 Å². The highest BCUT2D eigenvalue weighted by molar-refractivity contribution is 7.89. The molecule has 2 aromatic carbocycles. The molecule has 5 nitrogen and oxygen atoms in total. The molecule has 0 spiro atoms. The van der Waals surface area contributed by atoms with Crippen LogP contribution in [-0.4, -0.2) is 33.0 Å². The number of ether oxygens (including phenoxy) is 1. The molecule has 1 unspecified atom stereocenters. The van der Waals surface area contributed by atoms with Gasteiger partial charge in [-0.25, -0.2) is 13.1 Å². The molecule has 1 atom stereocenters. The van der Waals surface area contributed by atoms with Crippen LogP contribution in [0.2, 0.25) is 0 Å². The van der Waals surface area contributed by atoms with Crippen LogP contribution in [0.1, 0.15) is 40.8 Å². The molecule has 0 aliphatic carbocycles. The summed E-state index contributed by atoms with van der Waals surface area (Å²) in [4.78, 5) is 2.66. The van der Waals surface area contributed by atoms with Crippen molar-refractivity contribution in [1.29, 1.82) is 0 Å². The normalized spacial score (nSPS) is 15.3. The van der Waals surface area contributed by atoms with Crippen LogP contribution in [0, 0.1) is 13.8 Å². The number of hydrogen-bond donors (Lipinski definition) is 1. The van der Waals surface area contributed by atoms with E-state index >= 15 is 0 Å². The van der Waals surface area contributed by atoms with Gasteiger partial charge in [0.05, 0.1) is 11.5 Å². The molecule has 3 aromatic rings. The fourth-order valence-electron chi connectivity index (χ4n) is 4.42. The summed E-state index contributed by atoms with van der Waals surface area (Å²) >= 11 is 1.64. The average molecular weight is 471 g/mol. The lowest BCUT2D eigenvalue weighted by molar-refractivity contribution is 0.181. The van der Waals surface area contributed by atoms with Crippen molar-refractivity contribution in [1.82, 2.24) is 9.62 Å². The quantitative estimate of drug-likeness (QED) is 0.512. The zero-order chi connectivity index (χ0) is 22.7. The van der Waals surface area contributed by atoms with Crippen molar-refractivity contribution in [2.75, 3.05) is 19.7 Å². The van der Waals surface area contributed by atoms with E-state index in [0.29, 0.717) is 13.2 Å². The van der Waals surface area contributed by atoms with Crippen LogP contribution < -0.4 is 9.46 Å². The van der Waals surface area contributed by atoms with E-state index in [1.165, 1.54) is 11.1 Å². The van der Waals surface area contributed by atoms with E-state index < -0.39 is 10.0 Å². The minimum atomic E-state index is -3.65. The fraction of sp³-hybridized carbons (Fsp3) is 0.360. The summed E-state index contributed by atoms with van der Waals surface area (Å²) in [5.41, 5.74) is 5.51. The molecule has 1 aromatic heterocycles. The van der Waals surface area contributed by atoms with Gasteiger partial charge in [0.15, 0.2) is 0 Å². The third-order valence-corrected chi connectivity index (χ3v) is 8.13. The molecular weight excluding hydrogens is 440 g/mol. The molecule has 0 fully saturated rings. The summed E-state index contributed by atoms with van der Waals surface area (Å²) in [6.07, 6.45) is 0.973. The summed E-state index contributed by atoms with van der Waals surface area (Å²) in [6, 6.07) is 14.0. The molecule has 0 saturated heterocycles. The van der Waals surface area contributed by atoms with E-state index in [-0.39, 0.29) is 10.9 Å². The lowest BCUT2D eigenvalue weighted by Crippen LogP contribution is -2.40. The Morgan fingerprint density at radius 2 is 1.84 bits per heavy atom. The molecule has 2 heterocycles. The van der Waals surface area contributed by atoms with Crippen molar-refractivity contribution in [2.45, 2.75) is 44.7 Å². The topological polar surface area (TPSA) is 58.6 Å². The van der Waals surface area contributed by atoms with Crippen molar-refractivity contribution >= 4 is 21.4 Å². The van der Waals surface area contributed by atoms with E-state index in [0.717, 1.165) is 42.0 Å². The first-order valence-corrected chi connectivity index (χ1v) is 13.4. The molecule has 1 N–H and O–H groups in total. The molecule has 0 radical (unpaired) electrons. The second-order valence-electron chi connectivity index (χ2n) is 8.23. The van der Waals surface area contributed by atoms with Gasteiger partial charge in [-0.2, -0.15) is 11.3 Å². The monoisotopic (exact) mass is 470 g/mol. The average Bonchev–Trinajstić information content (AvgIpc) is 3.30. The number of fused-ring (bicyclic) bond motifs is 1. The standard InChI is InChI=1S/C25H30N2O3S2/c1-4-30-25-18(2)13-23(14-19(25)3)32(28,29)26-15-24(22-10-12-31-17-22)27-11-9-20-7-5-6-8-21(20)16-27/h5-8,10,12-14,17,24,26H,4,9,11,15-16H2,1-3H3. The molecule has 32 heavy (non-hydrogen) atoms. The molecule has 0 amide bonds. The Bertz CT molecular complexity index is 1150. The van der Waals surface area contributed by atoms with Gasteiger partial charge >= 0.3 is 0 Å². The minimum absolute atomic E-state index is 0.0192.